The number of amides is 1. The number of nitrogens with one attached hydrogen (secondary N) is 1. The van der Waals surface area contributed by atoms with Gasteiger partial charge in [-0.1, -0.05) is 53.8 Å². The number of aliphatic hydroxyl groups excluding tert-OH is 1. The van der Waals surface area contributed by atoms with E-state index in [0.29, 0.717) is 50.8 Å². The second kappa shape index (κ2) is 11.2. The van der Waals surface area contributed by atoms with Crippen LogP contribution in [0.15, 0.2) is 34.0 Å². The Morgan fingerprint density at radius 3 is 2.61 bits per heavy atom. The van der Waals surface area contributed by atoms with Crippen LogP contribution in [-0.2, 0) is 18.4 Å². The van der Waals surface area contributed by atoms with Crippen LogP contribution in [0, 0.1) is 18.3 Å². The molecule has 2 aliphatic rings. The highest BCUT2D eigenvalue weighted by Crippen LogP contribution is 2.37. The van der Waals surface area contributed by atoms with Gasteiger partial charge in [-0.25, -0.2) is 0 Å². The smallest absolute Gasteiger partial charge is 0.270 e. The number of rotatable bonds is 6. The van der Waals surface area contributed by atoms with Gasteiger partial charge in [-0.15, -0.1) is 0 Å². The van der Waals surface area contributed by atoms with Crippen molar-refractivity contribution in [1.82, 2.24) is 9.47 Å². The molecule has 4 rings (SSSR count). The van der Waals surface area contributed by atoms with E-state index in [9.17, 15) is 20.0 Å². The summed E-state index contributed by atoms with van der Waals surface area (Å²) in [7, 11) is 1.66. The maximum Gasteiger partial charge on any atom is 0.270 e. The minimum Gasteiger partial charge on any atom is -0.391 e. The molecular weight excluding hydrogens is 518 g/mol. The molecule has 0 aliphatic carbocycles. The van der Waals surface area contributed by atoms with E-state index in [2.05, 4.69) is 4.90 Å². The van der Waals surface area contributed by atoms with Crippen molar-refractivity contribution >= 4 is 57.7 Å². The summed E-state index contributed by atoms with van der Waals surface area (Å²) in [4.78, 5) is 31.7. The summed E-state index contributed by atoms with van der Waals surface area (Å²) in [5.41, 5.74) is 1.70. The molecule has 11 heteroatoms. The van der Waals surface area contributed by atoms with E-state index in [-0.39, 0.29) is 30.2 Å². The van der Waals surface area contributed by atoms with Crippen LogP contribution >= 0.6 is 35.6 Å². The quantitative estimate of drug-likeness (QED) is 0.418. The number of nitriles is 1. The molecule has 1 aromatic heterocycles. The first-order valence-electron chi connectivity index (χ1n) is 11.6. The van der Waals surface area contributed by atoms with Crippen LogP contribution in [0.25, 0.3) is 6.08 Å². The molecule has 3 heterocycles. The molecule has 188 valence electrons. The number of carbonyl (C=O) groups is 1. The van der Waals surface area contributed by atoms with E-state index >= 15 is 0 Å². The van der Waals surface area contributed by atoms with Gasteiger partial charge in [0.2, 0.25) is 0 Å². The molecule has 1 amide bonds. The number of aromatic nitrogens is 1. The minimum absolute atomic E-state index is 0.0589. The summed E-state index contributed by atoms with van der Waals surface area (Å²) < 4.78 is 1.93. The van der Waals surface area contributed by atoms with Crippen molar-refractivity contribution in [3.8, 4) is 6.07 Å². The number of aliphatic hydroxyl groups is 1. The van der Waals surface area contributed by atoms with Gasteiger partial charge in [-0.05, 0) is 30.2 Å². The van der Waals surface area contributed by atoms with Crippen LogP contribution in [0.1, 0.15) is 22.3 Å². The van der Waals surface area contributed by atoms with E-state index in [1.54, 1.807) is 26.1 Å². The number of nitrogens with zero attached hydrogens (tertiary/aromatic N) is 4. The Balaban J connectivity index is 1.73. The molecule has 2 aromatic rings. The highest BCUT2D eigenvalue weighted by atomic mass is 35.5. The molecular formula is C25H27ClN5O3S2+. The van der Waals surface area contributed by atoms with E-state index in [0.717, 1.165) is 18.7 Å². The zero-order valence-corrected chi connectivity index (χ0v) is 22.5. The zero-order chi connectivity index (χ0) is 26.0. The Labute approximate surface area is 224 Å². The standard InChI is InChI=1S/C25H26ClN5O3S2/c1-16-18(13-21-24(34)31(25(35)36-21)15-17-5-3-4-6-20(17)26)22(28(2)23(33)19(16)14-27)30-9-7-29(8-10-30)11-12-32/h3-6,13,32H,7-12,15H2,1-2H3/p+1/b21-13+. The summed E-state index contributed by atoms with van der Waals surface area (Å²) >= 11 is 13.0. The van der Waals surface area contributed by atoms with Crippen LogP contribution < -0.4 is 15.4 Å². The topological polar surface area (TPSA) is 94.0 Å². The Kier molecular flexibility index (Phi) is 8.17. The van der Waals surface area contributed by atoms with E-state index < -0.39 is 0 Å². The number of thiocarbonyl (C=S) groups is 1. The number of benzene rings is 1. The fraction of sp³-hybridized carbons (Fsp3) is 0.360. The van der Waals surface area contributed by atoms with Gasteiger partial charge in [-0.3, -0.25) is 19.1 Å². The van der Waals surface area contributed by atoms with E-state index in [4.69, 9.17) is 23.8 Å². The molecule has 2 aliphatic heterocycles. The highest BCUT2D eigenvalue weighted by molar-refractivity contribution is 8.26. The third-order valence-electron chi connectivity index (χ3n) is 6.64. The molecule has 1 aromatic carbocycles. The lowest BCUT2D eigenvalue weighted by molar-refractivity contribution is -0.900. The van der Waals surface area contributed by atoms with Crippen molar-refractivity contribution in [2.45, 2.75) is 13.5 Å². The average molecular weight is 545 g/mol. The van der Waals surface area contributed by atoms with Gasteiger partial charge in [0.1, 0.15) is 28.3 Å². The molecule has 0 atom stereocenters. The molecule has 0 bridgehead atoms. The molecule has 36 heavy (non-hydrogen) atoms. The maximum atomic E-state index is 13.4. The van der Waals surface area contributed by atoms with Gasteiger partial charge < -0.3 is 14.9 Å². The van der Waals surface area contributed by atoms with Gasteiger partial charge in [0.15, 0.2) is 0 Å². The lowest BCUT2D eigenvalue weighted by Gasteiger charge is -2.35. The first kappa shape index (κ1) is 26.4. The molecule has 0 radical (unpaired) electrons. The zero-order valence-electron chi connectivity index (χ0n) is 20.1. The van der Waals surface area contributed by atoms with Crippen molar-refractivity contribution in [3.05, 3.63) is 66.8 Å². The first-order chi connectivity index (χ1) is 17.3. The largest absolute Gasteiger partial charge is 0.391 e. The number of piperazine rings is 1. The number of halogens is 1. The fourth-order valence-corrected chi connectivity index (χ4v) is 6.03. The molecule has 2 N–H and O–H groups in total. The molecule has 2 fully saturated rings. The lowest BCUT2D eigenvalue weighted by Crippen LogP contribution is -3.15. The SMILES string of the molecule is Cc1c(/C=C2/SC(=S)N(Cc3ccccc3Cl)C2=O)c(N2CC[NH+](CCO)CC2)n(C)c(=O)c1C#N. The number of quaternary nitrogens is 1. The van der Waals surface area contributed by atoms with Crippen molar-refractivity contribution in [2.24, 2.45) is 7.05 Å². The average Bonchev–Trinajstić information content (AvgIpc) is 3.12. The van der Waals surface area contributed by atoms with Crippen molar-refractivity contribution in [3.63, 3.8) is 0 Å². The van der Waals surface area contributed by atoms with Gasteiger partial charge in [0.05, 0.1) is 44.2 Å². The number of anilines is 1. The summed E-state index contributed by atoms with van der Waals surface area (Å²) in [5, 5.41) is 19.5. The summed E-state index contributed by atoms with van der Waals surface area (Å²) in [5.74, 6) is 0.441. The summed E-state index contributed by atoms with van der Waals surface area (Å²) in [6.07, 6.45) is 1.75. The number of hydrogen-bond donors (Lipinski definition) is 2. The Morgan fingerprint density at radius 2 is 1.97 bits per heavy atom. The lowest BCUT2D eigenvalue weighted by atomic mass is 10.0. The van der Waals surface area contributed by atoms with Crippen LogP contribution in [-0.4, -0.2) is 64.1 Å². The van der Waals surface area contributed by atoms with Crippen LogP contribution in [0.2, 0.25) is 5.02 Å². The number of carbonyl (C=O) groups excluding carboxylic acids is 1. The predicted octanol–water partition coefficient (Wildman–Crippen LogP) is 1.32. The van der Waals surface area contributed by atoms with Crippen molar-refractivity contribution in [1.29, 1.82) is 5.26 Å². The molecule has 0 unspecified atom stereocenters. The second-order valence-corrected chi connectivity index (χ2v) is 10.9. The van der Waals surface area contributed by atoms with Crippen LogP contribution in [0.4, 0.5) is 5.82 Å². The molecule has 0 spiro atoms. The van der Waals surface area contributed by atoms with E-state index in [1.165, 1.54) is 26.1 Å². The van der Waals surface area contributed by atoms with Gasteiger partial charge in [0, 0.05) is 17.6 Å². The van der Waals surface area contributed by atoms with E-state index in [1.807, 2.05) is 24.3 Å². The Hall–Kier alpha value is -2.68. The number of pyridine rings is 1. The minimum atomic E-state index is -0.362. The maximum absolute atomic E-state index is 13.4. The monoisotopic (exact) mass is 544 g/mol. The third-order valence-corrected chi connectivity index (χ3v) is 8.39. The summed E-state index contributed by atoms with van der Waals surface area (Å²) in [6, 6.07) is 9.36. The predicted molar refractivity (Wildman–Crippen MR) is 146 cm³/mol. The molecule has 2 saturated heterocycles. The second-order valence-electron chi connectivity index (χ2n) is 8.78. The number of hydrogen-bond acceptors (Lipinski definition) is 7. The normalized spacial score (nSPS) is 17.8. The third kappa shape index (κ3) is 5.08. The first-order valence-corrected chi connectivity index (χ1v) is 13.2. The number of thioether (sulfide) groups is 1. The van der Waals surface area contributed by atoms with Gasteiger partial charge in [-0.2, -0.15) is 5.26 Å². The highest BCUT2D eigenvalue weighted by Gasteiger charge is 2.34. The Morgan fingerprint density at radius 1 is 1.28 bits per heavy atom. The van der Waals surface area contributed by atoms with Gasteiger partial charge >= 0.3 is 0 Å². The van der Waals surface area contributed by atoms with Crippen LogP contribution in [0.5, 0.6) is 0 Å². The molecule has 8 nitrogen and oxygen atoms in total. The van der Waals surface area contributed by atoms with Crippen molar-refractivity contribution in [2.75, 3.05) is 44.2 Å². The summed E-state index contributed by atoms with van der Waals surface area (Å²) in [6.45, 7) is 5.81. The fourth-order valence-electron chi connectivity index (χ4n) is 4.60. The van der Waals surface area contributed by atoms with Crippen molar-refractivity contribution < 1.29 is 14.8 Å². The van der Waals surface area contributed by atoms with Gasteiger partial charge in [0.25, 0.3) is 11.5 Å². The van der Waals surface area contributed by atoms with Crippen LogP contribution in [0.3, 0.4) is 0 Å². The molecule has 0 saturated carbocycles. The Bertz CT molecular complexity index is 1340.